The zero-order valence-electron chi connectivity index (χ0n) is 17.3. The Labute approximate surface area is 180 Å². The number of amides is 1. The zero-order chi connectivity index (χ0) is 21.7. The van der Waals surface area contributed by atoms with E-state index in [0.29, 0.717) is 24.7 Å². The molecule has 1 aliphatic carbocycles. The number of guanidine groups is 1. The van der Waals surface area contributed by atoms with E-state index in [-0.39, 0.29) is 22.9 Å². The third kappa shape index (κ3) is 4.94. The number of carbonyl (C=O) groups excluding carboxylic acids is 1. The summed E-state index contributed by atoms with van der Waals surface area (Å²) in [4.78, 5) is 16.3. The van der Waals surface area contributed by atoms with Gasteiger partial charge in [-0.3, -0.25) is 9.79 Å². The summed E-state index contributed by atoms with van der Waals surface area (Å²) in [5.41, 5.74) is 2.34. The maximum atomic E-state index is 14.2. The predicted octanol–water partition coefficient (Wildman–Crippen LogP) is 4.07. The summed E-state index contributed by atoms with van der Waals surface area (Å²) in [6, 6.07) is 17.8. The van der Waals surface area contributed by atoms with Gasteiger partial charge in [-0.1, -0.05) is 30.3 Å². The molecule has 3 aromatic rings. The molecule has 4 rings (SSSR count). The predicted molar refractivity (Wildman–Crippen MR) is 119 cm³/mol. The van der Waals surface area contributed by atoms with Crippen LogP contribution in [-0.2, 0) is 12.0 Å². The van der Waals surface area contributed by atoms with Crippen molar-refractivity contribution in [3.63, 3.8) is 0 Å². The van der Waals surface area contributed by atoms with Crippen molar-refractivity contribution >= 4 is 17.6 Å². The van der Waals surface area contributed by atoms with E-state index in [2.05, 4.69) is 20.9 Å². The van der Waals surface area contributed by atoms with E-state index in [1.807, 2.05) is 36.4 Å². The number of carbonyl (C=O) groups is 1. The summed E-state index contributed by atoms with van der Waals surface area (Å²) in [7, 11) is 1.71. The minimum Gasteiger partial charge on any atom is -0.459 e. The highest BCUT2D eigenvalue weighted by Crippen LogP contribution is 2.48. The molecular weight excluding hydrogens is 395 g/mol. The normalized spacial score (nSPS) is 14.7. The van der Waals surface area contributed by atoms with Gasteiger partial charge in [-0.15, -0.1) is 0 Å². The van der Waals surface area contributed by atoms with Crippen molar-refractivity contribution in [3.8, 4) is 0 Å². The van der Waals surface area contributed by atoms with Crippen LogP contribution in [0.1, 0.15) is 34.5 Å². The Balaban J connectivity index is 1.28. The average Bonchev–Trinajstić information content (AvgIpc) is 3.36. The Morgan fingerprint density at radius 1 is 1.06 bits per heavy atom. The molecular formula is C24H25FN4O2. The van der Waals surface area contributed by atoms with Crippen LogP contribution in [0.25, 0.3) is 0 Å². The molecule has 1 heterocycles. The lowest BCUT2D eigenvalue weighted by Crippen LogP contribution is -2.41. The van der Waals surface area contributed by atoms with Gasteiger partial charge in [0.05, 0.1) is 6.26 Å². The van der Waals surface area contributed by atoms with Crippen LogP contribution in [0.5, 0.6) is 0 Å². The second kappa shape index (κ2) is 9.04. The molecule has 160 valence electrons. The Bertz CT molecular complexity index is 1060. The molecule has 0 radical (unpaired) electrons. The smallest absolute Gasteiger partial charge is 0.291 e. The van der Waals surface area contributed by atoms with E-state index in [9.17, 15) is 9.18 Å². The SMILES string of the molecule is CN=C(NCc1ccc(NC(=O)c2ccco2)cc1)NCC1(c2ccccc2F)CC1. The molecule has 7 heteroatoms. The number of aliphatic imine (C=N–C) groups is 1. The molecule has 1 saturated carbocycles. The fraction of sp³-hybridized carbons (Fsp3) is 0.250. The largest absolute Gasteiger partial charge is 0.459 e. The highest BCUT2D eigenvalue weighted by molar-refractivity contribution is 6.02. The lowest BCUT2D eigenvalue weighted by atomic mass is 9.95. The fourth-order valence-electron chi connectivity index (χ4n) is 3.55. The van der Waals surface area contributed by atoms with Crippen molar-refractivity contribution in [2.75, 3.05) is 18.9 Å². The summed E-state index contributed by atoms with van der Waals surface area (Å²) >= 11 is 0. The fourth-order valence-corrected chi connectivity index (χ4v) is 3.55. The molecule has 0 saturated heterocycles. The van der Waals surface area contributed by atoms with Gasteiger partial charge in [0.15, 0.2) is 11.7 Å². The van der Waals surface area contributed by atoms with E-state index in [1.54, 1.807) is 25.2 Å². The molecule has 1 fully saturated rings. The number of hydrogen-bond acceptors (Lipinski definition) is 3. The number of rotatable bonds is 7. The Kier molecular flexibility index (Phi) is 6.02. The first-order valence-corrected chi connectivity index (χ1v) is 10.2. The van der Waals surface area contributed by atoms with E-state index in [4.69, 9.17) is 4.42 Å². The van der Waals surface area contributed by atoms with Crippen molar-refractivity contribution < 1.29 is 13.6 Å². The van der Waals surface area contributed by atoms with Gasteiger partial charge in [-0.2, -0.15) is 0 Å². The summed E-state index contributed by atoms with van der Waals surface area (Å²) < 4.78 is 19.3. The monoisotopic (exact) mass is 420 g/mol. The average molecular weight is 420 g/mol. The van der Waals surface area contributed by atoms with Crippen LogP contribution in [0.3, 0.4) is 0 Å². The van der Waals surface area contributed by atoms with Crippen molar-refractivity contribution in [1.82, 2.24) is 10.6 Å². The van der Waals surface area contributed by atoms with Crippen LogP contribution in [0, 0.1) is 5.82 Å². The molecule has 0 aliphatic heterocycles. The highest BCUT2D eigenvalue weighted by atomic mass is 19.1. The molecule has 6 nitrogen and oxygen atoms in total. The maximum Gasteiger partial charge on any atom is 0.291 e. The first kappa shape index (κ1) is 20.7. The highest BCUT2D eigenvalue weighted by Gasteiger charge is 2.45. The van der Waals surface area contributed by atoms with Gasteiger partial charge < -0.3 is 20.4 Å². The number of nitrogens with one attached hydrogen (secondary N) is 3. The van der Waals surface area contributed by atoms with E-state index < -0.39 is 0 Å². The van der Waals surface area contributed by atoms with Crippen molar-refractivity contribution in [1.29, 1.82) is 0 Å². The quantitative estimate of drug-likeness (QED) is 0.398. The first-order chi connectivity index (χ1) is 15.1. The van der Waals surface area contributed by atoms with Gasteiger partial charge in [0.1, 0.15) is 5.82 Å². The molecule has 2 aromatic carbocycles. The molecule has 0 bridgehead atoms. The van der Waals surface area contributed by atoms with Crippen molar-refractivity contribution in [2.45, 2.75) is 24.8 Å². The van der Waals surface area contributed by atoms with Crippen LogP contribution >= 0.6 is 0 Å². The Morgan fingerprint density at radius 2 is 1.84 bits per heavy atom. The van der Waals surface area contributed by atoms with Crippen LogP contribution in [0.4, 0.5) is 10.1 Å². The van der Waals surface area contributed by atoms with Crippen LogP contribution in [-0.4, -0.2) is 25.5 Å². The summed E-state index contributed by atoms with van der Waals surface area (Å²) in [6.45, 7) is 1.20. The molecule has 0 unspecified atom stereocenters. The van der Waals surface area contributed by atoms with Gasteiger partial charge >= 0.3 is 0 Å². The number of nitrogens with zero attached hydrogens (tertiary/aromatic N) is 1. The third-order valence-corrected chi connectivity index (χ3v) is 5.53. The molecule has 1 aliphatic rings. The molecule has 31 heavy (non-hydrogen) atoms. The second-order valence-corrected chi connectivity index (χ2v) is 7.67. The molecule has 3 N–H and O–H groups in total. The second-order valence-electron chi connectivity index (χ2n) is 7.67. The lowest BCUT2D eigenvalue weighted by Gasteiger charge is -2.19. The minimum atomic E-state index is -0.288. The molecule has 0 atom stereocenters. The number of anilines is 1. The van der Waals surface area contributed by atoms with E-state index in [1.165, 1.54) is 12.3 Å². The molecule has 0 spiro atoms. The van der Waals surface area contributed by atoms with Gasteiger partial charge in [-0.25, -0.2) is 4.39 Å². The first-order valence-electron chi connectivity index (χ1n) is 10.2. The third-order valence-electron chi connectivity index (χ3n) is 5.53. The van der Waals surface area contributed by atoms with Crippen LogP contribution < -0.4 is 16.0 Å². The van der Waals surface area contributed by atoms with E-state index in [0.717, 1.165) is 24.0 Å². The summed E-state index contributed by atoms with van der Waals surface area (Å²) in [5, 5.41) is 9.40. The van der Waals surface area contributed by atoms with Gasteiger partial charge in [-0.05, 0) is 54.3 Å². The summed E-state index contributed by atoms with van der Waals surface area (Å²) in [6.07, 6.45) is 3.39. The topological polar surface area (TPSA) is 78.7 Å². The summed E-state index contributed by atoms with van der Waals surface area (Å²) in [5.74, 6) is 0.496. The number of benzene rings is 2. The number of halogens is 1. The van der Waals surface area contributed by atoms with Crippen LogP contribution in [0.15, 0.2) is 76.3 Å². The maximum absolute atomic E-state index is 14.2. The Hall–Kier alpha value is -3.61. The van der Waals surface area contributed by atoms with E-state index >= 15 is 0 Å². The van der Waals surface area contributed by atoms with Crippen LogP contribution in [0.2, 0.25) is 0 Å². The van der Waals surface area contributed by atoms with Gasteiger partial charge in [0.25, 0.3) is 5.91 Å². The lowest BCUT2D eigenvalue weighted by molar-refractivity contribution is 0.0996. The van der Waals surface area contributed by atoms with Gasteiger partial charge in [0.2, 0.25) is 0 Å². The minimum absolute atomic E-state index is 0.149. The Morgan fingerprint density at radius 3 is 2.48 bits per heavy atom. The molecule has 1 aromatic heterocycles. The number of furan rings is 1. The standard InChI is InChI=1S/C24H25FN4O2/c1-26-23(28-16-24(12-13-24)19-5-2-3-6-20(19)25)27-15-17-8-10-18(11-9-17)29-22(30)21-7-4-14-31-21/h2-11,14H,12-13,15-16H2,1H3,(H,29,30)(H2,26,27,28). The van der Waals surface area contributed by atoms with Gasteiger partial charge in [0, 0.05) is 31.2 Å². The van der Waals surface area contributed by atoms with Crippen molar-refractivity contribution in [2.24, 2.45) is 4.99 Å². The molecule has 1 amide bonds. The zero-order valence-corrected chi connectivity index (χ0v) is 17.3. The van der Waals surface area contributed by atoms with Crippen molar-refractivity contribution in [3.05, 3.63) is 89.6 Å². The number of hydrogen-bond donors (Lipinski definition) is 3.